The Morgan fingerprint density at radius 2 is 2.09 bits per heavy atom. The Labute approximate surface area is 135 Å². The number of aromatic nitrogens is 3. The van der Waals surface area contributed by atoms with Gasteiger partial charge in [-0.2, -0.15) is 4.98 Å². The van der Waals surface area contributed by atoms with Crippen LogP contribution in [0.3, 0.4) is 0 Å². The van der Waals surface area contributed by atoms with Gasteiger partial charge in [0.05, 0.1) is 36.2 Å². The molecule has 23 heavy (non-hydrogen) atoms. The number of carbonyl (C=O) groups is 1. The molecule has 0 aromatic carbocycles. The maximum absolute atomic E-state index is 12.4. The summed E-state index contributed by atoms with van der Waals surface area (Å²) in [7, 11) is 2.99. The zero-order chi connectivity index (χ0) is 16.4. The number of fused-ring (bicyclic) bond motifs is 1. The van der Waals surface area contributed by atoms with Gasteiger partial charge in [0, 0.05) is 5.38 Å². The molecule has 3 aromatic heterocycles. The Kier molecular flexibility index (Phi) is 3.94. The number of nitrogens with zero attached hydrogens (tertiary/aromatic N) is 3. The fourth-order valence-electron chi connectivity index (χ4n) is 1.99. The number of hydrogen-bond donors (Lipinski definition) is 2. The fourth-order valence-corrected chi connectivity index (χ4v) is 2.83. The number of amides is 1. The number of nitrogens with one attached hydrogen (secondary N) is 1. The van der Waals surface area contributed by atoms with E-state index < -0.39 is 0 Å². The molecule has 0 aliphatic rings. The molecule has 0 saturated heterocycles. The van der Waals surface area contributed by atoms with Crippen molar-refractivity contribution < 1.29 is 14.3 Å². The molecule has 0 bridgehead atoms. The topological polar surface area (TPSA) is 112 Å². The predicted molar refractivity (Wildman–Crippen MR) is 87.1 cm³/mol. The lowest BCUT2D eigenvalue weighted by Crippen LogP contribution is -2.13. The van der Waals surface area contributed by atoms with Crippen LogP contribution in [0.1, 0.15) is 10.4 Å². The van der Waals surface area contributed by atoms with Crippen molar-refractivity contribution in [3.8, 4) is 11.6 Å². The standard InChI is InChI=1S/C14H13N5O3S/c1-21-8-3-4-10(18-13(8)22-2)17-12(20)7-6-23-9-5-16-14(15)19-11(7)9/h3-6H,1-2H3,(H2,15,16,19)(H,17,18,20). The second-order valence-corrected chi connectivity index (χ2v) is 5.36. The minimum Gasteiger partial charge on any atom is -0.491 e. The minimum absolute atomic E-state index is 0.120. The number of nitrogens with two attached hydrogens (primary N) is 1. The first-order chi connectivity index (χ1) is 11.1. The molecule has 0 saturated carbocycles. The van der Waals surface area contributed by atoms with Gasteiger partial charge in [-0.1, -0.05) is 0 Å². The van der Waals surface area contributed by atoms with Crippen molar-refractivity contribution >= 4 is 39.2 Å². The lowest BCUT2D eigenvalue weighted by Gasteiger charge is -2.09. The minimum atomic E-state index is -0.339. The van der Waals surface area contributed by atoms with E-state index >= 15 is 0 Å². The number of carbonyl (C=O) groups excluding carboxylic acids is 1. The van der Waals surface area contributed by atoms with Crippen LogP contribution in [0, 0.1) is 0 Å². The molecule has 3 heterocycles. The molecule has 8 nitrogen and oxygen atoms in total. The number of pyridine rings is 1. The van der Waals surface area contributed by atoms with Crippen LogP contribution in [0.5, 0.6) is 11.6 Å². The summed E-state index contributed by atoms with van der Waals surface area (Å²) in [6, 6.07) is 3.28. The molecule has 0 radical (unpaired) electrons. The maximum Gasteiger partial charge on any atom is 0.259 e. The number of anilines is 2. The molecular formula is C14H13N5O3S. The normalized spacial score (nSPS) is 10.5. The van der Waals surface area contributed by atoms with Gasteiger partial charge >= 0.3 is 0 Å². The van der Waals surface area contributed by atoms with Crippen molar-refractivity contribution in [3.63, 3.8) is 0 Å². The molecule has 0 aliphatic carbocycles. The highest BCUT2D eigenvalue weighted by Crippen LogP contribution is 2.27. The van der Waals surface area contributed by atoms with E-state index in [1.165, 1.54) is 25.6 Å². The van der Waals surface area contributed by atoms with Gasteiger partial charge in [0.25, 0.3) is 11.8 Å². The van der Waals surface area contributed by atoms with Gasteiger partial charge in [-0.15, -0.1) is 11.3 Å². The van der Waals surface area contributed by atoms with Crippen LogP contribution in [0.15, 0.2) is 23.7 Å². The van der Waals surface area contributed by atoms with Crippen LogP contribution >= 0.6 is 11.3 Å². The highest BCUT2D eigenvalue weighted by molar-refractivity contribution is 7.17. The Morgan fingerprint density at radius 3 is 2.83 bits per heavy atom. The van der Waals surface area contributed by atoms with Crippen molar-refractivity contribution in [1.29, 1.82) is 0 Å². The fraction of sp³-hybridized carbons (Fsp3) is 0.143. The predicted octanol–water partition coefficient (Wildman–Crippen LogP) is 1.94. The summed E-state index contributed by atoms with van der Waals surface area (Å²) in [4.78, 5) is 24.6. The Balaban J connectivity index is 1.90. The monoisotopic (exact) mass is 331 g/mol. The molecule has 0 aliphatic heterocycles. The molecule has 1 amide bonds. The molecule has 3 N–H and O–H groups in total. The molecule has 0 spiro atoms. The Hall–Kier alpha value is -2.94. The number of ether oxygens (including phenoxy) is 2. The van der Waals surface area contributed by atoms with Crippen molar-refractivity contribution in [2.45, 2.75) is 0 Å². The maximum atomic E-state index is 12.4. The largest absolute Gasteiger partial charge is 0.491 e. The van der Waals surface area contributed by atoms with Crippen LogP contribution in [-0.2, 0) is 0 Å². The van der Waals surface area contributed by atoms with Gasteiger partial charge < -0.3 is 20.5 Å². The second-order valence-electron chi connectivity index (χ2n) is 4.45. The molecule has 118 valence electrons. The van der Waals surface area contributed by atoms with E-state index in [4.69, 9.17) is 15.2 Å². The highest BCUT2D eigenvalue weighted by atomic mass is 32.1. The highest BCUT2D eigenvalue weighted by Gasteiger charge is 2.16. The average molecular weight is 331 g/mol. The first-order valence-corrected chi connectivity index (χ1v) is 7.40. The van der Waals surface area contributed by atoms with Crippen molar-refractivity contribution in [3.05, 3.63) is 29.3 Å². The third-order valence-electron chi connectivity index (χ3n) is 3.06. The molecule has 0 atom stereocenters. The van der Waals surface area contributed by atoms with Gasteiger partial charge in [-0.25, -0.2) is 9.97 Å². The van der Waals surface area contributed by atoms with E-state index in [0.717, 1.165) is 4.70 Å². The van der Waals surface area contributed by atoms with Crippen molar-refractivity contribution in [2.75, 3.05) is 25.3 Å². The number of nitrogen functional groups attached to an aromatic ring is 1. The lowest BCUT2D eigenvalue weighted by molar-refractivity contribution is 0.102. The quantitative estimate of drug-likeness (QED) is 0.751. The van der Waals surface area contributed by atoms with Crippen molar-refractivity contribution in [1.82, 2.24) is 15.0 Å². The van der Waals surface area contributed by atoms with Gasteiger partial charge in [0.1, 0.15) is 5.82 Å². The smallest absolute Gasteiger partial charge is 0.259 e. The number of hydrogen-bond acceptors (Lipinski definition) is 8. The first kappa shape index (κ1) is 15.0. The summed E-state index contributed by atoms with van der Waals surface area (Å²) >= 11 is 1.37. The zero-order valence-corrected chi connectivity index (χ0v) is 13.2. The van der Waals surface area contributed by atoms with Gasteiger partial charge in [0.2, 0.25) is 5.95 Å². The van der Waals surface area contributed by atoms with E-state index in [1.807, 2.05) is 0 Å². The first-order valence-electron chi connectivity index (χ1n) is 6.52. The number of methoxy groups -OCH3 is 2. The van der Waals surface area contributed by atoms with Gasteiger partial charge in [-0.05, 0) is 12.1 Å². The zero-order valence-electron chi connectivity index (χ0n) is 12.4. The van der Waals surface area contributed by atoms with E-state index in [-0.39, 0.29) is 17.7 Å². The summed E-state index contributed by atoms with van der Waals surface area (Å²) in [6.07, 6.45) is 1.59. The van der Waals surface area contributed by atoms with Gasteiger partial charge in [0.15, 0.2) is 5.75 Å². The Bertz CT molecular complexity index is 880. The van der Waals surface area contributed by atoms with E-state index in [1.54, 1.807) is 23.7 Å². The van der Waals surface area contributed by atoms with Crippen LogP contribution < -0.4 is 20.5 Å². The molecule has 9 heteroatoms. The van der Waals surface area contributed by atoms with Crippen LogP contribution in [0.25, 0.3) is 10.2 Å². The van der Waals surface area contributed by atoms with E-state index in [0.29, 0.717) is 22.6 Å². The summed E-state index contributed by atoms with van der Waals surface area (Å²) in [5.74, 6) is 0.885. The van der Waals surface area contributed by atoms with E-state index in [9.17, 15) is 4.79 Å². The Morgan fingerprint density at radius 1 is 1.26 bits per heavy atom. The summed E-state index contributed by atoms with van der Waals surface area (Å²) in [5.41, 5.74) is 6.51. The number of rotatable bonds is 4. The summed E-state index contributed by atoms with van der Waals surface area (Å²) in [6.45, 7) is 0. The van der Waals surface area contributed by atoms with Crippen LogP contribution in [-0.4, -0.2) is 35.1 Å². The van der Waals surface area contributed by atoms with Crippen LogP contribution in [0.4, 0.5) is 11.8 Å². The third-order valence-corrected chi connectivity index (χ3v) is 3.96. The average Bonchev–Trinajstić information content (AvgIpc) is 2.97. The molecule has 0 fully saturated rings. The van der Waals surface area contributed by atoms with Gasteiger partial charge in [-0.3, -0.25) is 4.79 Å². The number of thiophene rings is 1. The molecular weight excluding hydrogens is 318 g/mol. The lowest BCUT2D eigenvalue weighted by atomic mass is 10.2. The third kappa shape index (κ3) is 2.86. The van der Waals surface area contributed by atoms with Crippen LogP contribution in [0.2, 0.25) is 0 Å². The molecule has 0 unspecified atom stereocenters. The van der Waals surface area contributed by atoms with Crippen molar-refractivity contribution in [2.24, 2.45) is 0 Å². The second kappa shape index (κ2) is 6.05. The summed E-state index contributed by atoms with van der Waals surface area (Å²) in [5, 5.41) is 4.41. The van der Waals surface area contributed by atoms with E-state index in [2.05, 4.69) is 20.3 Å². The summed E-state index contributed by atoms with van der Waals surface area (Å²) < 4.78 is 11.0. The molecule has 3 aromatic rings. The SMILES string of the molecule is COc1ccc(NC(=O)c2csc3cnc(N)nc23)nc1OC. The molecule has 3 rings (SSSR count).